The predicted molar refractivity (Wildman–Crippen MR) is 36.5 cm³/mol. The van der Waals surface area contributed by atoms with E-state index in [2.05, 4.69) is 0 Å². The normalized spacial score (nSPS) is 11.1. The van der Waals surface area contributed by atoms with Crippen LogP contribution in [0.3, 0.4) is 0 Å². The standard InChI is InChI=1S/C5H4F6.CH2O3/c1-2-3(4(6,7)8)5(9,10)11;2-1(3)4/h2H,1H3;(H2,2,3,4). The van der Waals surface area contributed by atoms with E-state index in [0.29, 0.717) is 6.92 Å². The van der Waals surface area contributed by atoms with Gasteiger partial charge in [0, 0.05) is 0 Å². The van der Waals surface area contributed by atoms with E-state index in [1.165, 1.54) is 0 Å². The first kappa shape index (κ1) is 16.0. The van der Waals surface area contributed by atoms with Crippen LogP contribution in [0.5, 0.6) is 0 Å². The van der Waals surface area contributed by atoms with E-state index in [4.69, 9.17) is 15.0 Å². The Labute approximate surface area is 79.6 Å². The summed E-state index contributed by atoms with van der Waals surface area (Å²) in [6, 6.07) is 0. The number of halogens is 6. The summed E-state index contributed by atoms with van der Waals surface area (Å²) in [4.78, 5) is 8.56. The third-order valence-corrected chi connectivity index (χ3v) is 0.899. The molecular weight excluding hydrogens is 234 g/mol. The van der Waals surface area contributed by atoms with Gasteiger partial charge in [-0.2, -0.15) is 26.3 Å². The van der Waals surface area contributed by atoms with Crippen LogP contribution < -0.4 is 0 Å². The third kappa shape index (κ3) is 8.91. The van der Waals surface area contributed by atoms with Crippen molar-refractivity contribution < 1.29 is 41.4 Å². The molecule has 0 heterocycles. The molecule has 0 aliphatic heterocycles. The topological polar surface area (TPSA) is 57.5 Å². The number of carboxylic acid groups (broad SMARTS) is 2. The monoisotopic (exact) mass is 240 g/mol. The Morgan fingerprint density at radius 3 is 1.20 bits per heavy atom. The SMILES string of the molecule is CC=C(C(F)(F)F)C(F)(F)F.O=C(O)O. The number of hydrogen-bond acceptors (Lipinski definition) is 1. The fraction of sp³-hybridized carbons (Fsp3) is 0.500. The highest BCUT2D eigenvalue weighted by Gasteiger charge is 2.50. The molecule has 0 bridgehead atoms. The lowest BCUT2D eigenvalue weighted by atomic mass is 10.2. The van der Waals surface area contributed by atoms with Crippen LogP contribution in [-0.4, -0.2) is 28.7 Å². The summed E-state index contributed by atoms with van der Waals surface area (Å²) in [5.41, 5.74) is -2.47. The maximum atomic E-state index is 11.4. The lowest BCUT2D eigenvalue weighted by Crippen LogP contribution is -2.25. The van der Waals surface area contributed by atoms with Crippen LogP contribution in [0.2, 0.25) is 0 Å². The van der Waals surface area contributed by atoms with Crippen molar-refractivity contribution >= 4 is 6.16 Å². The molecule has 3 nitrogen and oxygen atoms in total. The highest BCUT2D eigenvalue weighted by Crippen LogP contribution is 2.38. The first-order valence-corrected chi connectivity index (χ1v) is 3.15. The molecule has 0 saturated heterocycles. The van der Waals surface area contributed by atoms with Gasteiger partial charge in [0.1, 0.15) is 5.57 Å². The molecule has 0 radical (unpaired) electrons. The molecule has 0 aromatic carbocycles. The van der Waals surface area contributed by atoms with Crippen LogP contribution >= 0.6 is 0 Å². The highest BCUT2D eigenvalue weighted by atomic mass is 19.4. The van der Waals surface area contributed by atoms with Crippen molar-refractivity contribution in [2.24, 2.45) is 0 Å². The number of allylic oxidation sites excluding steroid dienone is 2. The molecule has 0 rings (SSSR count). The van der Waals surface area contributed by atoms with Gasteiger partial charge < -0.3 is 10.2 Å². The zero-order chi connectivity index (χ0) is 12.9. The third-order valence-electron chi connectivity index (χ3n) is 0.899. The van der Waals surface area contributed by atoms with Crippen LogP contribution in [0, 0.1) is 0 Å². The average molecular weight is 240 g/mol. The minimum atomic E-state index is -5.31. The second-order valence-electron chi connectivity index (χ2n) is 1.98. The molecule has 0 unspecified atom stereocenters. The maximum absolute atomic E-state index is 11.4. The summed E-state index contributed by atoms with van der Waals surface area (Å²) in [6.45, 7) is 0.691. The predicted octanol–water partition coefficient (Wildman–Crippen LogP) is 3.28. The van der Waals surface area contributed by atoms with Crippen molar-refractivity contribution in [3.8, 4) is 0 Å². The van der Waals surface area contributed by atoms with Crippen molar-refractivity contribution in [2.75, 3.05) is 0 Å². The molecule has 0 saturated carbocycles. The van der Waals surface area contributed by atoms with Gasteiger partial charge in [-0.15, -0.1) is 0 Å². The largest absolute Gasteiger partial charge is 0.503 e. The van der Waals surface area contributed by atoms with Crippen LogP contribution in [0.25, 0.3) is 0 Å². The molecule has 0 fully saturated rings. The van der Waals surface area contributed by atoms with E-state index in [-0.39, 0.29) is 6.08 Å². The van der Waals surface area contributed by atoms with Crippen LogP contribution in [0.15, 0.2) is 11.6 Å². The first-order valence-electron chi connectivity index (χ1n) is 3.15. The number of rotatable bonds is 0. The fourth-order valence-electron chi connectivity index (χ4n) is 0.488. The summed E-state index contributed by atoms with van der Waals surface area (Å²) in [7, 11) is 0. The van der Waals surface area contributed by atoms with E-state index in [1.807, 2.05) is 0 Å². The summed E-state index contributed by atoms with van der Waals surface area (Å²) in [6.07, 6.45) is -12.5. The average Bonchev–Trinajstić information content (AvgIpc) is 1.78. The van der Waals surface area contributed by atoms with E-state index in [1.54, 1.807) is 0 Å². The minimum absolute atomic E-state index is 0. The summed E-state index contributed by atoms with van der Waals surface area (Å²) in [5.74, 6) is 0. The second kappa shape index (κ2) is 5.47. The second-order valence-corrected chi connectivity index (χ2v) is 1.98. The molecule has 0 atom stereocenters. The molecule has 0 aromatic heterocycles. The molecule has 0 aliphatic carbocycles. The van der Waals surface area contributed by atoms with Gasteiger partial charge in [-0.1, -0.05) is 6.08 Å². The zero-order valence-corrected chi connectivity index (χ0v) is 7.15. The van der Waals surface area contributed by atoms with Gasteiger partial charge >= 0.3 is 18.5 Å². The van der Waals surface area contributed by atoms with Crippen molar-refractivity contribution in [3.63, 3.8) is 0 Å². The van der Waals surface area contributed by atoms with E-state index in [0.717, 1.165) is 0 Å². The van der Waals surface area contributed by atoms with Gasteiger partial charge in [0.15, 0.2) is 0 Å². The van der Waals surface area contributed by atoms with Crippen molar-refractivity contribution in [3.05, 3.63) is 11.6 Å². The minimum Gasteiger partial charge on any atom is -0.450 e. The molecular formula is C6H6F6O3. The van der Waals surface area contributed by atoms with Crippen molar-refractivity contribution in [1.29, 1.82) is 0 Å². The van der Waals surface area contributed by atoms with Gasteiger partial charge in [-0.05, 0) is 6.92 Å². The maximum Gasteiger partial charge on any atom is 0.503 e. The van der Waals surface area contributed by atoms with Crippen LogP contribution in [0.4, 0.5) is 31.1 Å². The summed E-state index contributed by atoms with van der Waals surface area (Å²) >= 11 is 0. The number of carbonyl (C=O) groups is 1. The van der Waals surface area contributed by atoms with Crippen LogP contribution in [-0.2, 0) is 0 Å². The molecule has 0 aromatic rings. The number of hydrogen-bond donors (Lipinski definition) is 2. The Morgan fingerprint density at radius 1 is 1.00 bits per heavy atom. The quantitative estimate of drug-likeness (QED) is 0.504. The summed E-state index contributed by atoms with van der Waals surface area (Å²) < 4.78 is 68.6. The highest BCUT2D eigenvalue weighted by molar-refractivity contribution is 5.53. The van der Waals surface area contributed by atoms with Crippen molar-refractivity contribution in [2.45, 2.75) is 19.3 Å². The summed E-state index contributed by atoms with van der Waals surface area (Å²) in [5, 5.41) is 13.9. The number of alkyl halides is 6. The molecule has 9 heteroatoms. The molecule has 0 spiro atoms. The van der Waals surface area contributed by atoms with E-state index >= 15 is 0 Å². The zero-order valence-electron chi connectivity index (χ0n) is 7.15. The Morgan fingerprint density at radius 2 is 1.20 bits per heavy atom. The smallest absolute Gasteiger partial charge is 0.450 e. The van der Waals surface area contributed by atoms with Gasteiger partial charge in [0.05, 0.1) is 0 Å². The van der Waals surface area contributed by atoms with Gasteiger partial charge in [-0.25, -0.2) is 4.79 Å². The van der Waals surface area contributed by atoms with E-state index < -0.39 is 24.1 Å². The fourth-order valence-corrected chi connectivity index (χ4v) is 0.488. The van der Waals surface area contributed by atoms with E-state index in [9.17, 15) is 26.3 Å². The molecule has 2 N–H and O–H groups in total. The molecule has 15 heavy (non-hydrogen) atoms. The molecule has 90 valence electrons. The molecule has 0 amide bonds. The Bertz CT molecular complexity index is 218. The molecule has 0 aliphatic rings. The Balaban J connectivity index is 0. The Hall–Kier alpha value is -1.41. The van der Waals surface area contributed by atoms with Gasteiger partial charge in [-0.3, -0.25) is 0 Å². The Kier molecular flexibility index (Phi) is 5.84. The lowest BCUT2D eigenvalue weighted by Gasteiger charge is -2.13. The van der Waals surface area contributed by atoms with Crippen LogP contribution in [0.1, 0.15) is 6.92 Å². The van der Waals surface area contributed by atoms with Crippen molar-refractivity contribution in [1.82, 2.24) is 0 Å². The lowest BCUT2D eigenvalue weighted by molar-refractivity contribution is -0.172. The first-order chi connectivity index (χ1) is 6.42. The van der Waals surface area contributed by atoms with Gasteiger partial charge in [0.2, 0.25) is 0 Å². The van der Waals surface area contributed by atoms with Gasteiger partial charge in [0.25, 0.3) is 0 Å².